The topological polar surface area (TPSA) is 61.8 Å². The highest BCUT2D eigenvalue weighted by molar-refractivity contribution is 6.60. The molecule has 6 heteroatoms. The highest BCUT2D eigenvalue weighted by atomic mass is 28.4. The molecule has 162 valence electrons. The smallest absolute Gasteiger partial charge is 0.374 e. The van der Waals surface area contributed by atoms with Gasteiger partial charge in [-0.3, -0.25) is 9.59 Å². The van der Waals surface area contributed by atoms with E-state index in [0.717, 1.165) is 0 Å². The molecule has 0 saturated heterocycles. The lowest BCUT2D eigenvalue weighted by atomic mass is 9.87. The van der Waals surface area contributed by atoms with Crippen LogP contribution >= 0.6 is 0 Å². The standard InChI is InChI=1S/C24H32O5Si/c1-4-27-30(28-5-2,29-6-3)19-13-18-22(23(25)20-14-9-7-10-15-20)24(26)21-16-11-8-12-17-21/h7-12,14-17,22H,4-6,13,18-19H2,1-3H3. The van der Waals surface area contributed by atoms with Gasteiger partial charge >= 0.3 is 8.80 Å². The monoisotopic (exact) mass is 428 g/mol. The first-order chi connectivity index (χ1) is 14.6. The number of hydrogen-bond donors (Lipinski definition) is 0. The number of carbonyl (C=O) groups excluding carboxylic acids is 2. The van der Waals surface area contributed by atoms with Crippen molar-refractivity contribution in [3.8, 4) is 0 Å². The number of carbonyl (C=O) groups is 2. The maximum atomic E-state index is 13.2. The third-order valence-corrected chi connectivity index (χ3v) is 7.97. The highest BCUT2D eigenvalue weighted by Crippen LogP contribution is 2.25. The summed E-state index contributed by atoms with van der Waals surface area (Å²) < 4.78 is 17.7. The number of Topliss-reactive ketones (excluding diaryl/α,β-unsaturated/α-hetero) is 2. The quantitative estimate of drug-likeness (QED) is 0.235. The number of hydrogen-bond acceptors (Lipinski definition) is 5. The molecule has 2 aromatic carbocycles. The molecule has 0 amide bonds. The molecule has 30 heavy (non-hydrogen) atoms. The van der Waals surface area contributed by atoms with E-state index < -0.39 is 14.7 Å². The molecule has 2 rings (SSSR count). The van der Waals surface area contributed by atoms with Crippen molar-refractivity contribution in [3.05, 3.63) is 71.8 Å². The van der Waals surface area contributed by atoms with Crippen molar-refractivity contribution in [1.82, 2.24) is 0 Å². The predicted octanol–water partition coefficient (Wildman–Crippen LogP) is 5.20. The molecular formula is C24H32O5Si. The Labute approximate surface area is 180 Å². The Hall–Kier alpha value is -2.12. The van der Waals surface area contributed by atoms with Crippen LogP contribution in [0, 0.1) is 5.92 Å². The van der Waals surface area contributed by atoms with E-state index in [9.17, 15) is 9.59 Å². The molecule has 0 heterocycles. The maximum absolute atomic E-state index is 13.2. The first-order valence-corrected chi connectivity index (χ1v) is 12.6. The molecule has 0 aliphatic carbocycles. The lowest BCUT2D eigenvalue weighted by Gasteiger charge is -2.28. The first-order valence-electron chi connectivity index (χ1n) is 10.7. The molecule has 0 saturated carbocycles. The average molecular weight is 429 g/mol. The number of rotatable bonds is 14. The molecule has 0 aliphatic rings. The van der Waals surface area contributed by atoms with Crippen LogP contribution in [0.4, 0.5) is 0 Å². The van der Waals surface area contributed by atoms with Crippen molar-refractivity contribution in [2.24, 2.45) is 5.92 Å². The van der Waals surface area contributed by atoms with E-state index in [1.54, 1.807) is 24.3 Å². The van der Waals surface area contributed by atoms with E-state index in [1.807, 2.05) is 57.2 Å². The summed E-state index contributed by atoms with van der Waals surface area (Å²) in [5.74, 6) is -1.05. The lowest BCUT2D eigenvalue weighted by Crippen LogP contribution is -2.46. The van der Waals surface area contributed by atoms with Gasteiger partial charge in [-0.15, -0.1) is 0 Å². The SMILES string of the molecule is CCO[Si](CCCC(C(=O)c1ccccc1)C(=O)c1ccccc1)(OCC)OCC. The Kier molecular flexibility index (Phi) is 10.1. The van der Waals surface area contributed by atoms with Crippen molar-refractivity contribution in [2.75, 3.05) is 19.8 Å². The number of ketones is 2. The van der Waals surface area contributed by atoms with E-state index in [4.69, 9.17) is 13.3 Å². The van der Waals surface area contributed by atoms with Gasteiger partial charge in [0.2, 0.25) is 0 Å². The second-order valence-electron chi connectivity index (χ2n) is 6.89. The molecule has 0 bridgehead atoms. The van der Waals surface area contributed by atoms with Crippen LogP contribution in [-0.2, 0) is 13.3 Å². The van der Waals surface area contributed by atoms with Gasteiger partial charge in [-0.05, 0) is 33.6 Å². The minimum absolute atomic E-state index is 0.152. The fourth-order valence-electron chi connectivity index (χ4n) is 3.51. The number of benzene rings is 2. The van der Waals surface area contributed by atoms with Gasteiger partial charge in [0.1, 0.15) is 0 Å². The fourth-order valence-corrected chi connectivity index (χ4v) is 6.15. The third-order valence-electron chi connectivity index (χ3n) is 4.82. The molecule has 0 radical (unpaired) electrons. The minimum Gasteiger partial charge on any atom is -0.374 e. The highest BCUT2D eigenvalue weighted by Gasteiger charge is 2.40. The first kappa shape index (κ1) is 24.1. The van der Waals surface area contributed by atoms with Crippen LogP contribution in [0.15, 0.2) is 60.7 Å². The fraction of sp³-hybridized carbons (Fsp3) is 0.417. The van der Waals surface area contributed by atoms with Gasteiger partial charge in [-0.1, -0.05) is 60.7 Å². The molecule has 2 aromatic rings. The summed E-state index contributed by atoms with van der Waals surface area (Å²) in [4.78, 5) is 26.4. The molecule has 5 nitrogen and oxygen atoms in total. The molecule has 0 spiro atoms. The Morgan fingerprint density at radius 2 is 1.13 bits per heavy atom. The van der Waals surface area contributed by atoms with Gasteiger partial charge < -0.3 is 13.3 Å². The zero-order valence-electron chi connectivity index (χ0n) is 18.1. The summed E-state index contributed by atoms with van der Waals surface area (Å²) in [7, 11) is -2.81. The molecule has 0 N–H and O–H groups in total. The van der Waals surface area contributed by atoms with Gasteiger partial charge in [-0.25, -0.2) is 0 Å². The third kappa shape index (κ3) is 6.70. The van der Waals surface area contributed by atoms with E-state index in [1.165, 1.54) is 0 Å². The van der Waals surface area contributed by atoms with Crippen LogP contribution in [-0.4, -0.2) is 40.2 Å². The van der Waals surface area contributed by atoms with Crippen LogP contribution < -0.4 is 0 Å². The Bertz CT molecular complexity index is 710. The summed E-state index contributed by atoms with van der Waals surface area (Å²) in [6.07, 6.45) is 1.03. The van der Waals surface area contributed by atoms with Crippen molar-refractivity contribution in [2.45, 2.75) is 39.7 Å². The van der Waals surface area contributed by atoms with Gasteiger partial charge in [0.05, 0.1) is 5.92 Å². The lowest BCUT2D eigenvalue weighted by molar-refractivity contribution is 0.0684. The van der Waals surface area contributed by atoms with Crippen molar-refractivity contribution in [3.63, 3.8) is 0 Å². The summed E-state index contributed by atoms with van der Waals surface area (Å²) in [5, 5.41) is 0. The summed E-state index contributed by atoms with van der Waals surface area (Å²) >= 11 is 0. The van der Waals surface area contributed by atoms with E-state index in [-0.39, 0.29) is 11.6 Å². The van der Waals surface area contributed by atoms with Crippen LogP contribution in [0.5, 0.6) is 0 Å². The van der Waals surface area contributed by atoms with Crippen LogP contribution in [0.1, 0.15) is 54.3 Å². The van der Waals surface area contributed by atoms with Gasteiger partial charge in [-0.2, -0.15) is 0 Å². The Morgan fingerprint density at radius 1 is 0.733 bits per heavy atom. The molecule has 0 atom stereocenters. The maximum Gasteiger partial charge on any atom is 0.500 e. The van der Waals surface area contributed by atoms with Crippen molar-refractivity contribution in [1.29, 1.82) is 0 Å². The van der Waals surface area contributed by atoms with Crippen LogP contribution in [0.25, 0.3) is 0 Å². The second kappa shape index (κ2) is 12.5. The van der Waals surface area contributed by atoms with Crippen LogP contribution in [0.2, 0.25) is 6.04 Å². The van der Waals surface area contributed by atoms with E-state index >= 15 is 0 Å². The normalized spacial score (nSPS) is 11.6. The second-order valence-corrected chi connectivity index (χ2v) is 9.62. The Balaban J connectivity index is 2.20. The van der Waals surface area contributed by atoms with Crippen molar-refractivity contribution >= 4 is 20.4 Å². The van der Waals surface area contributed by atoms with E-state index in [0.29, 0.717) is 49.8 Å². The molecule has 0 aliphatic heterocycles. The van der Waals surface area contributed by atoms with Crippen molar-refractivity contribution < 1.29 is 22.9 Å². The zero-order valence-corrected chi connectivity index (χ0v) is 19.1. The predicted molar refractivity (Wildman–Crippen MR) is 120 cm³/mol. The average Bonchev–Trinajstić information content (AvgIpc) is 2.78. The summed E-state index contributed by atoms with van der Waals surface area (Å²) in [6, 6.07) is 18.6. The zero-order chi connectivity index (χ0) is 21.8. The molecule has 0 fully saturated rings. The minimum atomic E-state index is -2.81. The summed E-state index contributed by atoms with van der Waals surface area (Å²) in [6.45, 7) is 7.26. The van der Waals surface area contributed by atoms with Gasteiger partial charge in [0, 0.05) is 37.0 Å². The van der Waals surface area contributed by atoms with Gasteiger partial charge in [0.25, 0.3) is 0 Å². The van der Waals surface area contributed by atoms with E-state index in [2.05, 4.69) is 0 Å². The van der Waals surface area contributed by atoms with Crippen LogP contribution in [0.3, 0.4) is 0 Å². The van der Waals surface area contributed by atoms with Gasteiger partial charge in [0.15, 0.2) is 11.6 Å². The Morgan fingerprint density at radius 3 is 1.50 bits per heavy atom. The molecule has 0 unspecified atom stereocenters. The molecule has 0 aromatic heterocycles. The largest absolute Gasteiger partial charge is 0.500 e. The summed E-state index contributed by atoms with van der Waals surface area (Å²) in [5.41, 5.74) is 1.10. The molecular weight excluding hydrogens is 396 g/mol.